The molecule has 1 amide bonds. The van der Waals surface area contributed by atoms with E-state index in [1.807, 2.05) is 0 Å². The van der Waals surface area contributed by atoms with E-state index in [-0.39, 0.29) is 11.8 Å². The van der Waals surface area contributed by atoms with Crippen LogP contribution in [0.25, 0.3) is 0 Å². The van der Waals surface area contributed by atoms with Crippen LogP contribution in [-0.4, -0.2) is 27.8 Å². The fourth-order valence-electron chi connectivity index (χ4n) is 1.94. The van der Waals surface area contributed by atoms with Gasteiger partial charge in [-0.05, 0) is 44.7 Å². The van der Waals surface area contributed by atoms with Crippen LogP contribution in [0.2, 0.25) is 0 Å². The lowest BCUT2D eigenvalue weighted by atomic mass is 10.1. The molecule has 1 aliphatic carbocycles. The first-order valence-electron chi connectivity index (χ1n) is 6.45. The summed E-state index contributed by atoms with van der Waals surface area (Å²) in [5.41, 5.74) is 0.319. The summed E-state index contributed by atoms with van der Waals surface area (Å²) in [5.74, 6) is -0.654. The number of anilines is 1. The lowest BCUT2D eigenvalue weighted by Gasteiger charge is -2.19. The van der Waals surface area contributed by atoms with Crippen LogP contribution in [-0.2, 0) is 9.53 Å². The highest BCUT2D eigenvalue weighted by Crippen LogP contribution is 2.47. The average Bonchev–Trinajstić information content (AvgIpc) is 3.07. The van der Waals surface area contributed by atoms with Crippen molar-refractivity contribution in [2.75, 3.05) is 5.32 Å². The molecule has 6 heteroatoms. The molecule has 2 rings (SSSR count). The molecule has 0 aromatic carbocycles. The maximum atomic E-state index is 11.5. The van der Waals surface area contributed by atoms with E-state index in [1.165, 1.54) is 0 Å². The van der Waals surface area contributed by atoms with Gasteiger partial charge < -0.3 is 9.84 Å². The summed E-state index contributed by atoms with van der Waals surface area (Å²) in [6, 6.07) is 3.43. The minimum atomic E-state index is -0.772. The second kappa shape index (κ2) is 5.11. The van der Waals surface area contributed by atoms with Gasteiger partial charge in [0, 0.05) is 6.20 Å². The van der Waals surface area contributed by atoms with E-state index in [9.17, 15) is 9.59 Å². The van der Waals surface area contributed by atoms with Gasteiger partial charge in [0.05, 0.1) is 5.92 Å². The van der Waals surface area contributed by atoms with Crippen molar-refractivity contribution in [1.29, 1.82) is 0 Å². The number of carboxylic acid groups (broad SMARTS) is 1. The van der Waals surface area contributed by atoms with Crippen molar-refractivity contribution in [2.24, 2.45) is 5.92 Å². The fraction of sp³-hybridized carbons (Fsp3) is 0.500. The summed E-state index contributed by atoms with van der Waals surface area (Å²) in [6.45, 7) is 5.34. The van der Waals surface area contributed by atoms with Crippen LogP contribution >= 0.6 is 0 Å². The van der Waals surface area contributed by atoms with Gasteiger partial charge in [-0.3, -0.25) is 10.1 Å². The van der Waals surface area contributed by atoms with Crippen molar-refractivity contribution >= 4 is 17.9 Å². The highest BCUT2D eigenvalue weighted by Gasteiger charge is 2.44. The third-order valence-corrected chi connectivity index (χ3v) is 2.95. The van der Waals surface area contributed by atoms with E-state index in [0.717, 1.165) is 5.56 Å². The Morgan fingerprint density at radius 1 is 1.40 bits per heavy atom. The quantitative estimate of drug-likeness (QED) is 0.887. The molecule has 0 aliphatic heterocycles. The highest BCUT2D eigenvalue weighted by atomic mass is 16.6. The molecule has 1 aliphatic rings. The summed E-state index contributed by atoms with van der Waals surface area (Å²) in [5, 5.41) is 11.4. The summed E-state index contributed by atoms with van der Waals surface area (Å²) in [4.78, 5) is 26.4. The van der Waals surface area contributed by atoms with E-state index >= 15 is 0 Å². The molecule has 1 fully saturated rings. The Balaban J connectivity index is 1.93. The predicted octanol–water partition coefficient (Wildman–Crippen LogP) is 2.62. The topological polar surface area (TPSA) is 88.5 Å². The summed E-state index contributed by atoms with van der Waals surface area (Å²) in [6.07, 6.45) is 1.68. The van der Waals surface area contributed by atoms with Crippen molar-refractivity contribution in [3.8, 4) is 0 Å². The van der Waals surface area contributed by atoms with Crippen LogP contribution in [0.3, 0.4) is 0 Å². The number of ether oxygens (including phenoxy) is 1. The molecule has 2 atom stereocenters. The van der Waals surface area contributed by atoms with Gasteiger partial charge in [0.25, 0.3) is 0 Å². The summed E-state index contributed by atoms with van der Waals surface area (Å²) in [7, 11) is 0. The number of carbonyl (C=O) groups excluding carboxylic acids is 1. The first-order chi connectivity index (χ1) is 9.26. The number of pyridine rings is 1. The van der Waals surface area contributed by atoms with Crippen LogP contribution in [0.5, 0.6) is 0 Å². The number of rotatable bonds is 3. The van der Waals surface area contributed by atoms with Crippen LogP contribution in [0, 0.1) is 5.92 Å². The molecule has 1 heterocycles. The Labute approximate surface area is 117 Å². The lowest BCUT2D eigenvalue weighted by molar-refractivity contribution is -0.138. The molecule has 0 radical (unpaired) electrons. The summed E-state index contributed by atoms with van der Waals surface area (Å²) >= 11 is 0. The Kier molecular flexibility index (Phi) is 3.65. The van der Waals surface area contributed by atoms with Crippen LogP contribution in [0.15, 0.2) is 18.3 Å². The molecule has 2 N–H and O–H groups in total. The molecular formula is C14H18N2O4. The van der Waals surface area contributed by atoms with Crippen LogP contribution in [0.1, 0.15) is 38.7 Å². The number of hydrogen-bond donors (Lipinski definition) is 2. The molecule has 0 unspecified atom stereocenters. The average molecular weight is 278 g/mol. The monoisotopic (exact) mass is 278 g/mol. The third-order valence-electron chi connectivity index (χ3n) is 2.95. The zero-order valence-electron chi connectivity index (χ0n) is 11.7. The number of aromatic nitrogens is 1. The molecule has 0 bridgehead atoms. The highest BCUT2D eigenvalue weighted by molar-refractivity contribution is 5.83. The van der Waals surface area contributed by atoms with E-state index < -0.39 is 17.7 Å². The summed E-state index contributed by atoms with van der Waals surface area (Å²) < 4.78 is 5.11. The standard InChI is InChI=1S/C14H18N2O4/c1-14(2,3)20-13(19)16-11-5-4-8(7-15-11)9-6-10(9)12(17)18/h4-5,7,9-10H,6H2,1-3H3,(H,17,18)(H,15,16,19)/t9-,10+/m0/s1. The Bertz CT molecular complexity index is 519. The Morgan fingerprint density at radius 3 is 2.55 bits per heavy atom. The number of carbonyl (C=O) groups is 2. The van der Waals surface area contributed by atoms with E-state index in [2.05, 4.69) is 10.3 Å². The van der Waals surface area contributed by atoms with E-state index in [4.69, 9.17) is 9.84 Å². The van der Waals surface area contributed by atoms with E-state index in [0.29, 0.717) is 12.2 Å². The third kappa shape index (κ3) is 3.69. The zero-order chi connectivity index (χ0) is 14.9. The molecule has 1 aromatic heterocycles. The fourth-order valence-corrected chi connectivity index (χ4v) is 1.94. The van der Waals surface area contributed by atoms with Crippen molar-refractivity contribution < 1.29 is 19.4 Å². The zero-order valence-corrected chi connectivity index (χ0v) is 11.7. The number of nitrogens with zero attached hydrogens (tertiary/aromatic N) is 1. The van der Waals surface area contributed by atoms with Gasteiger partial charge in [0.1, 0.15) is 11.4 Å². The molecular weight excluding hydrogens is 260 g/mol. The molecule has 0 spiro atoms. The van der Waals surface area contributed by atoms with Gasteiger partial charge in [0.2, 0.25) is 0 Å². The first-order valence-corrected chi connectivity index (χ1v) is 6.45. The van der Waals surface area contributed by atoms with Gasteiger partial charge in [-0.15, -0.1) is 0 Å². The second-order valence-corrected chi connectivity index (χ2v) is 5.89. The number of carboxylic acids is 1. The largest absolute Gasteiger partial charge is 0.481 e. The number of amides is 1. The molecule has 20 heavy (non-hydrogen) atoms. The van der Waals surface area contributed by atoms with Gasteiger partial charge in [-0.1, -0.05) is 6.07 Å². The van der Waals surface area contributed by atoms with Gasteiger partial charge in [-0.25, -0.2) is 9.78 Å². The molecule has 1 aromatic rings. The van der Waals surface area contributed by atoms with Gasteiger partial charge >= 0.3 is 12.1 Å². The number of hydrogen-bond acceptors (Lipinski definition) is 4. The first kappa shape index (κ1) is 14.3. The maximum Gasteiger partial charge on any atom is 0.413 e. The van der Waals surface area contributed by atoms with Crippen LogP contribution < -0.4 is 5.32 Å². The molecule has 6 nitrogen and oxygen atoms in total. The Morgan fingerprint density at radius 2 is 2.10 bits per heavy atom. The molecule has 0 saturated heterocycles. The minimum absolute atomic E-state index is 0.0376. The van der Waals surface area contributed by atoms with Crippen molar-refractivity contribution in [2.45, 2.75) is 38.7 Å². The molecule has 1 saturated carbocycles. The maximum absolute atomic E-state index is 11.5. The SMILES string of the molecule is CC(C)(C)OC(=O)Nc1ccc([C@@H]2C[C@H]2C(=O)O)cn1. The number of nitrogens with one attached hydrogen (secondary N) is 1. The van der Waals surface area contributed by atoms with Gasteiger partial charge in [-0.2, -0.15) is 0 Å². The Hall–Kier alpha value is -2.11. The normalized spacial score (nSPS) is 21.1. The minimum Gasteiger partial charge on any atom is -0.481 e. The predicted molar refractivity (Wildman–Crippen MR) is 72.6 cm³/mol. The van der Waals surface area contributed by atoms with Crippen molar-refractivity contribution in [1.82, 2.24) is 4.98 Å². The lowest BCUT2D eigenvalue weighted by Crippen LogP contribution is -2.27. The second-order valence-electron chi connectivity index (χ2n) is 5.89. The van der Waals surface area contributed by atoms with Crippen molar-refractivity contribution in [3.63, 3.8) is 0 Å². The number of aliphatic carboxylic acids is 1. The molecule has 108 valence electrons. The smallest absolute Gasteiger partial charge is 0.413 e. The van der Waals surface area contributed by atoms with E-state index in [1.54, 1.807) is 39.1 Å². The van der Waals surface area contributed by atoms with Gasteiger partial charge in [0.15, 0.2) is 0 Å². The van der Waals surface area contributed by atoms with Crippen molar-refractivity contribution in [3.05, 3.63) is 23.9 Å². The van der Waals surface area contributed by atoms with Crippen LogP contribution in [0.4, 0.5) is 10.6 Å².